The van der Waals surface area contributed by atoms with Crippen LogP contribution >= 0.6 is 12.2 Å². The zero-order chi connectivity index (χ0) is 33.5. The molecular formula is C36H58FN5S. The lowest BCUT2D eigenvalue weighted by molar-refractivity contribution is 0.128. The van der Waals surface area contributed by atoms with Gasteiger partial charge in [0.2, 0.25) is 0 Å². The molecule has 0 atom stereocenters. The Morgan fingerprint density at radius 2 is 1.37 bits per heavy atom. The van der Waals surface area contributed by atoms with Crippen molar-refractivity contribution in [3.63, 3.8) is 0 Å². The second kappa shape index (κ2) is 18.1. The van der Waals surface area contributed by atoms with Gasteiger partial charge in [0.05, 0.1) is 11.5 Å². The summed E-state index contributed by atoms with van der Waals surface area (Å²) in [5, 5.41) is 14.6. The number of thiocarbonyl (C=S) groups is 1. The Labute approximate surface area is 268 Å². The van der Waals surface area contributed by atoms with Crippen molar-refractivity contribution in [2.75, 3.05) is 6.54 Å². The predicted molar refractivity (Wildman–Crippen MR) is 188 cm³/mol. The number of nitrogens with one attached hydrogen (secondary N) is 2. The van der Waals surface area contributed by atoms with Gasteiger partial charge in [-0.1, -0.05) is 103 Å². The quantitative estimate of drug-likeness (QED) is 0.112. The summed E-state index contributed by atoms with van der Waals surface area (Å²) in [6.07, 6.45) is 3.07. The topological polar surface area (TPSA) is 63.5 Å². The molecule has 2 aromatic rings. The molecule has 0 fully saturated rings. The molecule has 2 aromatic carbocycles. The highest BCUT2D eigenvalue weighted by atomic mass is 32.1. The number of halogens is 1. The molecule has 0 aromatic heterocycles. The van der Waals surface area contributed by atoms with E-state index in [2.05, 4.69) is 89.8 Å². The zero-order valence-electron chi connectivity index (χ0n) is 29.2. The summed E-state index contributed by atoms with van der Waals surface area (Å²) in [7, 11) is 0. The van der Waals surface area contributed by atoms with Crippen LogP contribution in [0.1, 0.15) is 108 Å². The highest BCUT2D eigenvalue weighted by Gasteiger charge is 2.22. The Balaban J connectivity index is 0.000000629. The number of aliphatic imine (C=N–C) groups is 1. The maximum absolute atomic E-state index is 12.8. The highest BCUT2D eigenvalue weighted by molar-refractivity contribution is 7.80. The fourth-order valence-corrected chi connectivity index (χ4v) is 3.84. The van der Waals surface area contributed by atoms with Crippen LogP contribution < -0.4 is 10.6 Å². The first-order chi connectivity index (χ1) is 19.6. The average Bonchev–Trinajstić information content (AvgIpc) is 2.86. The van der Waals surface area contributed by atoms with Gasteiger partial charge in [0.1, 0.15) is 11.7 Å². The molecule has 0 heterocycles. The second-order valence-electron chi connectivity index (χ2n) is 14.8. The number of hydrogen-bond acceptors (Lipinski definition) is 4. The van der Waals surface area contributed by atoms with E-state index in [1.807, 2.05) is 69.4 Å². The van der Waals surface area contributed by atoms with Crippen LogP contribution in [0.5, 0.6) is 0 Å². The van der Waals surface area contributed by atoms with Crippen molar-refractivity contribution in [2.24, 2.45) is 15.8 Å². The van der Waals surface area contributed by atoms with E-state index >= 15 is 0 Å². The molecule has 0 bridgehead atoms. The Bertz CT molecular complexity index is 1140. The monoisotopic (exact) mass is 611 g/mol. The SMILES string of the molecule is CC(C)(C)C(=NCc1ccccc1)NC#N.CC(C)(C)NC(=S)C(C)(C)C.CCCN(Cc1ccc(F)cc1)C(C)(C)C. The van der Waals surface area contributed by atoms with E-state index < -0.39 is 0 Å². The molecule has 2 rings (SSSR count). The highest BCUT2D eigenvalue weighted by Crippen LogP contribution is 2.19. The molecule has 7 heteroatoms. The normalized spacial score (nSPS) is 12.3. The first-order valence-corrected chi connectivity index (χ1v) is 15.6. The van der Waals surface area contributed by atoms with Gasteiger partial charge in [0.25, 0.3) is 0 Å². The number of amidine groups is 1. The van der Waals surface area contributed by atoms with Gasteiger partial charge in [-0.25, -0.2) is 4.39 Å². The van der Waals surface area contributed by atoms with Gasteiger partial charge in [-0.3, -0.25) is 15.2 Å². The van der Waals surface area contributed by atoms with E-state index in [-0.39, 0.29) is 27.7 Å². The first-order valence-electron chi connectivity index (χ1n) is 15.2. The van der Waals surface area contributed by atoms with Gasteiger partial charge in [-0.15, -0.1) is 0 Å². The smallest absolute Gasteiger partial charge is 0.182 e. The van der Waals surface area contributed by atoms with Crippen LogP contribution in [0.25, 0.3) is 0 Å². The minimum atomic E-state index is -0.165. The largest absolute Gasteiger partial charge is 0.375 e. The molecule has 0 amide bonds. The van der Waals surface area contributed by atoms with E-state index in [0.29, 0.717) is 6.54 Å². The molecule has 43 heavy (non-hydrogen) atoms. The summed E-state index contributed by atoms with van der Waals surface area (Å²) >= 11 is 5.23. The molecule has 240 valence electrons. The van der Waals surface area contributed by atoms with Crippen molar-refractivity contribution in [1.29, 1.82) is 5.26 Å². The van der Waals surface area contributed by atoms with Gasteiger partial charge in [-0.05, 0) is 77.8 Å². The van der Waals surface area contributed by atoms with E-state index in [1.54, 1.807) is 0 Å². The van der Waals surface area contributed by atoms with Gasteiger partial charge >= 0.3 is 0 Å². The van der Waals surface area contributed by atoms with Crippen LogP contribution in [-0.2, 0) is 13.1 Å². The van der Waals surface area contributed by atoms with Gasteiger partial charge in [0.15, 0.2) is 6.19 Å². The fourth-order valence-electron chi connectivity index (χ4n) is 3.53. The van der Waals surface area contributed by atoms with E-state index in [4.69, 9.17) is 17.5 Å². The molecule has 0 aliphatic heterocycles. The van der Waals surface area contributed by atoms with Crippen molar-refractivity contribution in [3.8, 4) is 6.19 Å². The molecule has 0 aliphatic rings. The third-order valence-corrected chi connectivity index (χ3v) is 6.76. The van der Waals surface area contributed by atoms with Crippen molar-refractivity contribution < 1.29 is 4.39 Å². The number of benzene rings is 2. The summed E-state index contributed by atoms with van der Waals surface area (Å²) in [6, 6.07) is 16.8. The minimum absolute atomic E-state index is 0.0859. The molecule has 0 aliphatic carbocycles. The maximum atomic E-state index is 12.8. The van der Waals surface area contributed by atoms with Crippen LogP contribution in [0.2, 0.25) is 0 Å². The second-order valence-corrected chi connectivity index (χ2v) is 15.2. The fraction of sp³-hybridized carbons (Fsp3) is 0.583. The third-order valence-electron chi connectivity index (χ3n) is 6.05. The molecule has 2 N–H and O–H groups in total. The van der Waals surface area contributed by atoms with Crippen LogP contribution in [0, 0.1) is 28.1 Å². The Morgan fingerprint density at radius 1 is 0.837 bits per heavy atom. The maximum Gasteiger partial charge on any atom is 0.182 e. The molecule has 0 radical (unpaired) electrons. The number of nitrogens with zero attached hydrogens (tertiary/aromatic N) is 3. The van der Waals surface area contributed by atoms with E-state index in [9.17, 15) is 4.39 Å². The van der Waals surface area contributed by atoms with Crippen molar-refractivity contribution in [2.45, 2.75) is 121 Å². The minimum Gasteiger partial charge on any atom is -0.375 e. The summed E-state index contributed by atoms with van der Waals surface area (Å²) in [5.74, 6) is 0.556. The average molecular weight is 612 g/mol. The van der Waals surface area contributed by atoms with Crippen LogP contribution in [-0.4, -0.2) is 33.3 Å². The van der Waals surface area contributed by atoms with E-state index in [1.165, 1.54) is 17.7 Å². The van der Waals surface area contributed by atoms with Crippen molar-refractivity contribution in [3.05, 3.63) is 71.5 Å². The Kier molecular flexibility index (Phi) is 16.9. The number of hydrogen-bond donors (Lipinski definition) is 2. The summed E-state index contributed by atoms with van der Waals surface area (Å²) in [6.45, 7) is 30.2. The van der Waals surface area contributed by atoms with Crippen molar-refractivity contribution >= 4 is 23.0 Å². The Morgan fingerprint density at radius 3 is 1.74 bits per heavy atom. The van der Waals surface area contributed by atoms with Gasteiger partial charge in [-0.2, -0.15) is 5.26 Å². The predicted octanol–water partition coefficient (Wildman–Crippen LogP) is 9.29. The first kappa shape index (κ1) is 40.2. The number of nitriles is 1. The zero-order valence-corrected chi connectivity index (χ0v) is 30.0. The lowest BCUT2D eigenvalue weighted by Gasteiger charge is -2.35. The van der Waals surface area contributed by atoms with Crippen molar-refractivity contribution in [1.82, 2.24) is 15.5 Å². The molecule has 5 nitrogen and oxygen atoms in total. The standard InChI is InChI=1S/C14H22FN.C13H17N3.C9H19NS/c1-5-10-16(14(2,3)4)11-12-6-8-13(15)9-7-12;1-13(2,3)12(16-10-14)15-9-11-7-5-4-6-8-11;1-8(2,3)7(11)10-9(4,5)6/h6-9H,5,10-11H2,1-4H3;4-8H,9H2,1-3H3,(H,15,16);1-6H3,(H,10,11). The van der Waals surface area contributed by atoms with Crippen LogP contribution in [0.15, 0.2) is 59.6 Å². The van der Waals surface area contributed by atoms with E-state index in [0.717, 1.165) is 35.9 Å². The summed E-state index contributed by atoms with van der Waals surface area (Å²) < 4.78 is 12.8. The van der Waals surface area contributed by atoms with Crippen LogP contribution in [0.4, 0.5) is 4.39 Å². The molecule has 0 unspecified atom stereocenters. The molecular weight excluding hydrogens is 553 g/mol. The number of rotatable bonds is 6. The lowest BCUT2D eigenvalue weighted by Crippen LogP contribution is -2.44. The molecule has 0 saturated carbocycles. The summed E-state index contributed by atoms with van der Waals surface area (Å²) in [5.41, 5.74) is 2.51. The summed E-state index contributed by atoms with van der Waals surface area (Å²) in [4.78, 5) is 7.79. The van der Waals surface area contributed by atoms with Gasteiger partial charge < -0.3 is 5.32 Å². The molecule has 0 saturated heterocycles. The lowest BCUT2D eigenvalue weighted by atomic mass is 9.95. The van der Waals surface area contributed by atoms with Crippen LogP contribution in [0.3, 0.4) is 0 Å². The molecule has 0 spiro atoms. The van der Waals surface area contributed by atoms with Gasteiger partial charge in [0, 0.05) is 28.5 Å². The Hall–Kier alpha value is -2.82. The third kappa shape index (κ3) is 19.2.